The third-order valence-electron chi connectivity index (χ3n) is 3.22. The zero-order valence-electron chi connectivity index (χ0n) is 8.67. The lowest BCUT2D eigenvalue weighted by atomic mass is 10.2. The molecule has 0 aromatic heterocycles. The quantitative estimate of drug-likeness (QED) is 0.506. The fourth-order valence-corrected chi connectivity index (χ4v) is 4.63. The Balaban J connectivity index is 2.67. The zero-order chi connectivity index (χ0) is 10.1. The second kappa shape index (κ2) is 3.66. The third-order valence-corrected chi connectivity index (χ3v) is 7.41. The minimum Gasteiger partial charge on any atom is -0.397 e. The van der Waals surface area contributed by atoms with Crippen LogP contribution in [0.5, 0.6) is 0 Å². The highest BCUT2D eigenvalue weighted by Crippen LogP contribution is 2.63. The van der Waals surface area contributed by atoms with Crippen molar-refractivity contribution >= 4 is 8.56 Å². The molecule has 1 rings (SSSR count). The van der Waals surface area contributed by atoms with Gasteiger partial charge in [-0.2, -0.15) is 0 Å². The van der Waals surface area contributed by atoms with Crippen molar-refractivity contribution in [2.24, 2.45) is 11.5 Å². The van der Waals surface area contributed by atoms with Crippen LogP contribution < -0.4 is 11.5 Å². The Morgan fingerprint density at radius 1 is 1.31 bits per heavy atom. The number of hydrogen-bond acceptors (Lipinski definition) is 4. The van der Waals surface area contributed by atoms with E-state index in [9.17, 15) is 0 Å². The molecule has 0 atom stereocenters. The summed E-state index contributed by atoms with van der Waals surface area (Å²) < 4.78 is 11.0. The molecule has 0 aliphatic heterocycles. The first-order chi connectivity index (χ1) is 5.99. The van der Waals surface area contributed by atoms with E-state index in [-0.39, 0.29) is 11.2 Å². The highest BCUT2D eigenvalue weighted by molar-refractivity contribution is 6.70. The molecule has 0 amide bonds. The van der Waals surface area contributed by atoms with Crippen molar-refractivity contribution < 1.29 is 8.85 Å². The SMILES string of the molecule is CO[Si](C)(OC)C1(CC(N)N)CC1. The molecule has 4 N–H and O–H groups in total. The first kappa shape index (κ1) is 11.1. The van der Waals surface area contributed by atoms with Crippen LogP contribution in [-0.4, -0.2) is 28.9 Å². The van der Waals surface area contributed by atoms with Gasteiger partial charge in [0.15, 0.2) is 0 Å². The average Bonchev–Trinajstić information content (AvgIpc) is 2.83. The number of rotatable bonds is 5. The van der Waals surface area contributed by atoms with Crippen molar-refractivity contribution in [3.05, 3.63) is 0 Å². The molecule has 78 valence electrons. The standard InChI is InChI=1S/C8H20N2O2Si/c1-11-13(3,12-2)8(4-5-8)6-7(9)10/h7H,4-6,9-10H2,1-3H3. The predicted molar refractivity (Wildman–Crippen MR) is 54.3 cm³/mol. The average molecular weight is 204 g/mol. The van der Waals surface area contributed by atoms with Crippen molar-refractivity contribution in [3.8, 4) is 0 Å². The minimum absolute atomic E-state index is 0.171. The summed E-state index contributed by atoms with van der Waals surface area (Å²) in [6.07, 6.45) is 2.85. The Bertz CT molecular complexity index is 179. The van der Waals surface area contributed by atoms with E-state index in [1.54, 1.807) is 14.2 Å². The van der Waals surface area contributed by atoms with Gasteiger partial charge in [0.05, 0.1) is 6.17 Å². The summed E-state index contributed by atoms with van der Waals surface area (Å²) in [5.41, 5.74) is 11.2. The molecule has 0 spiro atoms. The molecule has 0 bridgehead atoms. The van der Waals surface area contributed by atoms with E-state index < -0.39 is 8.56 Å². The summed E-state index contributed by atoms with van der Waals surface area (Å²) in [4.78, 5) is 0. The largest absolute Gasteiger partial charge is 0.397 e. The third kappa shape index (κ3) is 1.94. The topological polar surface area (TPSA) is 70.5 Å². The summed E-state index contributed by atoms with van der Waals surface area (Å²) in [5.74, 6) is 0. The predicted octanol–water partition coefficient (Wildman–Crippen LogP) is 0.519. The lowest BCUT2D eigenvalue weighted by Gasteiger charge is -2.33. The second-order valence-electron chi connectivity index (χ2n) is 4.00. The van der Waals surface area contributed by atoms with Gasteiger partial charge in [-0.05, 0) is 25.8 Å². The van der Waals surface area contributed by atoms with Crippen LogP contribution >= 0.6 is 0 Å². The number of nitrogens with two attached hydrogens (primary N) is 2. The first-order valence-corrected chi connectivity index (χ1v) is 6.93. The summed E-state index contributed by atoms with van der Waals surface area (Å²) in [6, 6.07) is 0. The van der Waals surface area contributed by atoms with E-state index >= 15 is 0 Å². The summed E-state index contributed by atoms with van der Waals surface area (Å²) in [7, 11) is 1.40. The van der Waals surface area contributed by atoms with Crippen molar-refractivity contribution in [1.82, 2.24) is 0 Å². The molecule has 0 aromatic carbocycles. The molecule has 1 aliphatic rings. The Morgan fingerprint density at radius 2 is 1.77 bits per heavy atom. The molecule has 5 heteroatoms. The van der Waals surface area contributed by atoms with E-state index in [1.807, 2.05) is 0 Å². The Morgan fingerprint density at radius 3 is 2.00 bits per heavy atom. The molecule has 0 unspecified atom stereocenters. The molecule has 0 radical (unpaired) electrons. The van der Waals surface area contributed by atoms with Crippen LogP contribution in [0.25, 0.3) is 0 Å². The van der Waals surface area contributed by atoms with Gasteiger partial charge in [-0.15, -0.1) is 0 Å². The molecule has 1 saturated carbocycles. The Hall–Kier alpha value is 0.0569. The van der Waals surface area contributed by atoms with Crippen LogP contribution in [-0.2, 0) is 8.85 Å². The maximum atomic E-state index is 5.61. The highest BCUT2D eigenvalue weighted by Gasteiger charge is 2.61. The molecule has 0 saturated heterocycles. The van der Waals surface area contributed by atoms with E-state index in [0.717, 1.165) is 19.3 Å². The number of hydrogen-bond donors (Lipinski definition) is 2. The molecular formula is C8H20N2O2Si. The van der Waals surface area contributed by atoms with Crippen molar-refractivity contribution in [1.29, 1.82) is 0 Å². The summed E-state index contributed by atoms with van der Waals surface area (Å²) in [5, 5.41) is 0.171. The molecule has 4 nitrogen and oxygen atoms in total. The summed E-state index contributed by atoms with van der Waals surface area (Å²) >= 11 is 0. The van der Waals surface area contributed by atoms with Gasteiger partial charge in [-0.1, -0.05) is 0 Å². The second-order valence-corrected chi connectivity index (χ2v) is 7.77. The molecule has 0 heterocycles. The van der Waals surface area contributed by atoms with Crippen LogP contribution in [0.2, 0.25) is 11.6 Å². The van der Waals surface area contributed by atoms with Gasteiger partial charge >= 0.3 is 8.56 Å². The Labute approximate surface area is 80.8 Å². The van der Waals surface area contributed by atoms with Gasteiger partial charge in [-0.25, -0.2) is 0 Å². The van der Waals surface area contributed by atoms with Gasteiger partial charge in [0.25, 0.3) is 0 Å². The lowest BCUT2D eigenvalue weighted by molar-refractivity contribution is 0.227. The van der Waals surface area contributed by atoms with Crippen LogP contribution in [0, 0.1) is 0 Å². The van der Waals surface area contributed by atoms with E-state index in [2.05, 4.69) is 6.55 Å². The fraction of sp³-hybridized carbons (Fsp3) is 1.00. The fourth-order valence-electron chi connectivity index (χ4n) is 1.96. The van der Waals surface area contributed by atoms with Crippen molar-refractivity contribution in [2.45, 2.75) is 37.0 Å². The van der Waals surface area contributed by atoms with Gasteiger partial charge in [0, 0.05) is 19.3 Å². The normalized spacial score (nSPS) is 20.8. The lowest BCUT2D eigenvalue weighted by Crippen LogP contribution is -2.47. The van der Waals surface area contributed by atoms with E-state index in [4.69, 9.17) is 20.3 Å². The van der Waals surface area contributed by atoms with E-state index in [0.29, 0.717) is 0 Å². The molecule has 0 aromatic rings. The van der Waals surface area contributed by atoms with Crippen LogP contribution in [0.1, 0.15) is 19.3 Å². The molecule has 1 aliphatic carbocycles. The molecule has 13 heavy (non-hydrogen) atoms. The Kier molecular flexibility index (Phi) is 3.14. The zero-order valence-corrected chi connectivity index (χ0v) is 9.67. The van der Waals surface area contributed by atoms with Gasteiger partial charge in [0.2, 0.25) is 0 Å². The van der Waals surface area contributed by atoms with Crippen molar-refractivity contribution in [2.75, 3.05) is 14.2 Å². The summed E-state index contributed by atoms with van der Waals surface area (Å²) in [6.45, 7) is 2.09. The maximum absolute atomic E-state index is 5.61. The first-order valence-electron chi connectivity index (χ1n) is 4.61. The highest BCUT2D eigenvalue weighted by atomic mass is 28.4. The van der Waals surface area contributed by atoms with E-state index in [1.165, 1.54) is 0 Å². The molecular weight excluding hydrogens is 184 g/mol. The van der Waals surface area contributed by atoms with Gasteiger partial charge in [-0.3, -0.25) is 0 Å². The van der Waals surface area contributed by atoms with Crippen molar-refractivity contribution in [3.63, 3.8) is 0 Å². The minimum atomic E-state index is -2.04. The van der Waals surface area contributed by atoms with Crippen LogP contribution in [0.3, 0.4) is 0 Å². The van der Waals surface area contributed by atoms with Gasteiger partial charge < -0.3 is 20.3 Å². The van der Waals surface area contributed by atoms with Gasteiger partial charge in [0.1, 0.15) is 0 Å². The van der Waals surface area contributed by atoms with Crippen LogP contribution in [0.4, 0.5) is 0 Å². The molecule has 1 fully saturated rings. The smallest absolute Gasteiger partial charge is 0.340 e. The monoisotopic (exact) mass is 204 g/mol. The maximum Gasteiger partial charge on any atom is 0.340 e. The van der Waals surface area contributed by atoms with Crippen LogP contribution in [0.15, 0.2) is 0 Å².